The summed E-state index contributed by atoms with van der Waals surface area (Å²) in [5, 5.41) is 4.36. The molecule has 2 aliphatic rings. The topological polar surface area (TPSA) is 64.1 Å². The summed E-state index contributed by atoms with van der Waals surface area (Å²) in [5.74, 6) is 4.04. The number of rotatable bonds is 8. The number of unbranched alkanes of at least 4 members (excludes halogenated alkanes) is 1. The van der Waals surface area contributed by atoms with Crippen molar-refractivity contribution in [2.75, 3.05) is 27.1 Å². The van der Waals surface area contributed by atoms with Gasteiger partial charge in [-0.05, 0) is 59.5 Å². The highest BCUT2D eigenvalue weighted by Crippen LogP contribution is 2.42. The Morgan fingerprint density at radius 1 is 0.810 bits per heavy atom. The number of aryl methyl sites for hydroxylation is 2. The van der Waals surface area contributed by atoms with E-state index in [1.807, 2.05) is 42.5 Å². The van der Waals surface area contributed by atoms with Gasteiger partial charge in [-0.25, -0.2) is 0 Å². The minimum absolute atomic E-state index is 0.279. The first-order valence-electron chi connectivity index (χ1n) is 14.4. The van der Waals surface area contributed by atoms with Crippen LogP contribution in [0.5, 0.6) is 28.7 Å². The van der Waals surface area contributed by atoms with Crippen LogP contribution < -0.4 is 33.2 Å². The van der Waals surface area contributed by atoms with Crippen molar-refractivity contribution in [1.29, 1.82) is 0 Å². The molecule has 0 unspecified atom stereocenters. The van der Waals surface area contributed by atoms with E-state index in [9.17, 15) is 0 Å². The molecule has 7 nitrogen and oxygen atoms in total. The van der Waals surface area contributed by atoms with E-state index in [4.69, 9.17) is 28.7 Å². The average molecular weight is 559 g/mol. The van der Waals surface area contributed by atoms with Gasteiger partial charge in [0.2, 0.25) is 12.5 Å². The molecule has 42 heavy (non-hydrogen) atoms. The van der Waals surface area contributed by atoms with E-state index in [0.717, 1.165) is 92.8 Å². The Kier molecular flexibility index (Phi) is 6.02. The third-order valence-electron chi connectivity index (χ3n) is 8.26. The number of nitrogens with zero attached hydrogens (tertiary/aromatic N) is 2. The Labute approximate surface area is 243 Å². The van der Waals surface area contributed by atoms with E-state index in [1.54, 1.807) is 7.11 Å². The smallest absolute Gasteiger partial charge is 0.231 e. The van der Waals surface area contributed by atoms with Crippen LogP contribution in [0.1, 0.15) is 18.4 Å². The molecular formula is C35H30N2O5. The van der Waals surface area contributed by atoms with Crippen LogP contribution in [-0.2, 0) is 13.0 Å². The maximum absolute atomic E-state index is 6.39. The Morgan fingerprint density at radius 3 is 2.55 bits per heavy atom. The third kappa shape index (κ3) is 4.15. The van der Waals surface area contributed by atoms with E-state index in [2.05, 4.69) is 41.1 Å². The van der Waals surface area contributed by atoms with Gasteiger partial charge >= 0.3 is 0 Å². The normalized spacial score (nSPS) is 13.4. The van der Waals surface area contributed by atoms with Crippen LogP contribution >= 0.6 is 0 Å². The molecule has 0 aliphatic carbocycles. The molecule has 2 aromatic heterocycles. The van der Waals surface area contributed by atoms with Crippen molar-refractivity contribution in [1.82, 2.24) is 4.98 Å². The summed E-state index contributed by atoms with van der Waals surface area (Å²) < 4.78 is 31.9. The molecule has 0 fully saturated rings. The van der Waals surface area contributed by atoms with Gasteiger partial charge in [-0.1, -0.05) is 36.4 Å². The van der Waals surface area contributed by atoms with Crippen LogP contribution in [-0.4, -0.2) is 27.1 Å². The number of para-hydroxylation sites is 1. The van der Waals surface area contributed by atoms with E-state index >= 15 is 0 Å². The molecule has 7 heteroatoms. The zero-order chi connectivity index (χ0) is 28.0. The lowest BCUT2D eigenvalue weighted by atomic mass is 9.95. The van der Waals surface area contributed by atoms with Crippen molar-refractivity contribution < 1.29 is 28.3 Å². The molecule has 0 spiro atoms. The summed E-state index contributed by atoms with van der Waals surface area (Å²) in [6.07, 6.45) is 4.85. The molecular weight excluding hydrogens is 528 g/mol. The van der Waals surface area contributed by atoms with Crippen molar-refractivity contribution in [2.45, 2.75) is 25.8 Å². The quantitative estimate of drug-likeness (QED) is 0.155. The van der Waals surface area contributed by atoms with Gasteiger partial charge in [0.15, 0.2) is 35.7 Å². The summed E-state index contributed by atoms with van der Waals surface area (Å²) >= 11 is 0. The largest absolute Gasteiger partial charge is 0.657 e. The fourth-order valence-corrected chi connectivity index (χ4v) is 6.18. The molecule has 0 N–H and O–H groups in total. The summed E-state index contributed by atoms with van der Waals surface area (Å²) in [6, 6.07) is 24.8. The van der Waals surface area contributed by atoms with Crippen molar-refractivity contribution in [3.63, 3.8) is 0 Å². The molecule has 0 amide bonds. The average Bonchev–Trinajstić information content (AvgIpc) is 3.65. The number of hydrogen-bond acceptors (Lipinski definition) is 5. The molecule has 0 atom stereocenters. The van der Waals surface area contributed by atoms with E-state index in [-0.39, 0.29) is 6.79 Å². The lowest BCUT2D eigenvalue weighted by Crippen LogP contribution is -2.40. The summed E-state index contributed by atoms with van der Waals surface area (Å²) in [5.41, 5.74) is 5.60. The van der Waals surface area contributed by atoms with Crippen molar-refractivity contribution in [2.24, 2.45) is 0 Å². The number of pyridine rings is 1. The lowest BCUT2D eigenvalue weighted by Gasteiger charge is -2.18. The Balaban J connectivity index is 0.984. The van der Waals surface area contributed by atoms with Gasteiger partial charge < -0.3 is 28.7 Å². The fraction of sp³-hybridized carbons (Fsp3) is 0.229. The molecule has 210 valence electrons. The predicted molar refractivity (Wildman–Crippen MR) is 161 cm³/mol. The van der Waals surface area contributed by atoms with Gasteiger partial charge in [0.05, 0.1) is 31.3 Å². The molecule has 2 aliphatic heterocycles. The first-order chi connectivity index (χ1) is 20.8. The maximum atomic E-state index is 6.39. The van der Waals surface area contributed by atoms with E-state index in [0.29, 0.717) is 13.2 Å². The minimum atomic E-state index is 0.279. The van der Waals surface area contributed by atoms with Crippen LogP contribution in [0.4, 0.5) is 0 Å². The van der Waals surface area contributed by atoms with Gasteiger partial charge in [-0.2, -0.15) is 4.57 Å². The van der Waals surface area contributed by atoms with Gasteiger partial charge in [0.1, 0.15) is 5.75 Å². The number of ether oxygens (including phenoxy) is 5. The van der Waals surface area contributed by atoms with Crippen molar-refractivity contribution >= 4 is 32.6 Å². The molecule has 0 radical (unpaired) electrons. The summed E-state index contributed by atoms with van der Waals surface area (Å²) in [7, 11) is 1.69. The molecule has 0 saturated carbocycles. The fourth-order valence-electron chi connectivity index (χ4n) is 6.18. The molecule has 0 bridgehead atoms. The first kappa shape index (κ1) is 24.9. The Hall–Kier alpha value is -4.91. The van der Waals surface area contributed by atoms with Gasteiger partial charge in [0.25, 0.3) is 0 Å². The first-order valence-corrected chi connectivity index (χ1v) is 14.4. The number of aromatic nitrogens is 2. The van der Waals surface area contributed by atoms with Crippen molar-refractivity contribution in [3.8, 4) is 40.0 Å². The Morgan fingerprint density at radius 2 is 1.64 bits per heavy atom. The third-order valence-corrected chi connectivity index (χ3v) is 8.26. The van der Waals surface area contributed by atoms with Crippen LogP contribution in [0, 0.1) is 0 Å². The second kappa shape index (κ2) is 10.2. The summed E-state index contributed by atoms with van der Waals surface area (Å²) in [4.78, 5) is 4.74. The second-order valence-corrected chi connectivity index (χ2v) is 10.7. The molecule has 4 aromatic carbocycles. The van der Waals surface area contributed by atoms with Crippen molar-refractivity contribution in [3.05, 3.63) is 84.6 Å². The van der Waals surface area contributed by atoms with Crippen LogP contribution in [0.15, 0.2) is 79.0 Å². The standard InChI is InChI=1S/C35H30N2O5/c1-38-31-12-11-22-17-29-25-19-33-32(41-21-42-33)18-23(25)13-14-37(29)20-26(22)35(31)40-16-5-4-15-39-30-10-6-9-28-34(30)24-7-2-3-8-27(24)36-28/h2-3,6-12,17-20H,4-5,13-16,21H2,1H3. The maximum Gasteiger partial charge on any atom is 0.231 e. The van der Waals surface area contributed by atoms with Gasteiger partial charge in [-0.3, -0.25) is 0 Å². The predicted octanol–water partition coefficient (Wildman–Crippen LogP) is 6.59. The minimum Gasteiger partial charge on any atom is -0.657 e. The number of fused-ring (bicyclic) bond motifs is 8. The zero-order valence-electron chi connectivity index (χ0n) is 23.4. The lowest BCUT2D eigenvalue weighted by molar-refractivity contribution is -0.686. The Bertz CT molecular complexity index is 1980. The highest BCUT2D eigenvalue weighted by Gasteiger charge is 2.28. The number of methoxy groups -OCH3 is 1. The van der Waals surface area contributed by atoms with E-state index in [1.165, 1.54) is 11.1 Å². The molecule has 8 rings (SSSR count). The van der Waals surface area contributed by atoms with Gasteiger partial charge in [-0.15, -0.1) is 11.0 Å². The summed E-state index contributed by atoms with van der Waals surface area (Å²) in [6.45, 7) is 2.34. The highest BCUT2D eigenvalue weighted by atomic mass is 16.7. The SMILES string of the molecule is COc1ccc2cc3[n+](cc2c1OCCCCOc1cccc2[n-]c4ccccc4c12)CCc1cc2c(cc1-3)OCO2. The van der Waals surface area contributed by atoms with E-state index < -0.39 is 0 Å². The monoisotopic (exact) mass is 558 g/mol. The second-order valence-electron chi connectivity index (χ2n) is 10.7. The zero-order valence-corrected chi connectivity index (χ0v) is 23.4. The van der Waals surface area contributed by atoms with Crippen LogP contribution in [0.3, 0.4) is 0 Å². The van der Waals surface area contributed by atoms with Gasteiger partial charge in [0, 0.05) is 17.9 Å². The molecule has 0 saturated heterocycles. The molecule has 4 heterocycles. The number of benzene rings is 4. The molecule has 6 aromatic rings. The van der Waals surface area contributed by atoms with Crippen LogP contribution in [0.2, 0.25) is 0 Å². The van der Waals surface area contributed by atoms with Crippen LogP contribution in [0.25, 0.3) is 43.8 Å². The highest BCUT2D eigenvalue weighted by molar-refractivity contribution is 6.10. The number of hydrogen-bond donors (Lipinski definition) is 0.